The Morgan fingerprint density at radius 1 is 1.00 bits per heavy atom. The van der Waals surface area contributed by atoms with Gasteiger partial charge in [0.05, 0.1) is 16.9 Å². The van der Waals surface area contributed by atoms with Crippen LogP contribution in [-0.2, 0) is 17.5 Å². The third kappa shape index (κ3) is 7.48. The van der Waals surface area contributed by atoms with Crippen LogP contribution in [0.15, 0.2) is 47.4 Å². The van der Waals surface area contributed by atoms with Crippen LogP contribution in [0, 0.1) is 11.7 Å². The largest absolute Gasteiger partial charge is 0.416 e. The summed E-state index contributed by atoms with van der Waals surface area (Å²) >= 11 is 1.20. The van der Waals surface area contributed by atoms with Gasteiger partial charge in [-0.3, -0.25) is 9.59 Å². The van der Waals surface area contributed by atoms with Gasteiger partial charge in [-0.25, -0.2) is 4.39 Å². The zero-order valence-electron chi connectivity index (χ0n) is 18.0. The number of hydrogen-bond donors (Lipinski definition) is 2. The second kappa shape index (κ2) is 11.5. The van der Waals surface area contributed by atoms with Gasteiger partial charge < -0.3 is 10.6 Å². The number of halogens is 4. The van der Waals surface area contributed by atoms with E-state index in [-0.39, 0.29) is 22.8 Å². The lowest BCUT2D eigenvalue weighted by molar-refractivity contribution is -0.138. The number of benzene rings is 2. The summed E-state index contributed by atoms with van der Waals surface area (Å²) in [6.07, 6.45) is 1.15. The van der Waals surface area contributed by atoms with Crippen molar-refractivity contribution in [1.82, 2.24) is 10.6 Å². The van der Waals surface area contributed by atoms with Crippen molar-refractivity contribution in [3.8, 4) is 0 Å². The van der Waals surface area contributed by atoms with Gasteiger partial charge in [0.2, 0.25) is 5.91 Å². The van der Waals surface area contributed by atoms with Crippen molar-refractivity contribution >= 4 is 23.6 Å². The number of carbonyl (C=O) groups excluding carboxylic acids is 2. The highest BCUT2D eigenvalue weighted by Crippen LogP contribution is 2.32. The maximum absolute atomic E-state index is 13.3. The maximum atomic E-state index is 13.3. The van der Waals surface area contributed by atoms with Gasteiger partial charge in [-0.15, -0.1) is 11.8 Å². The first-order valence-corrected chi connectivity index (χ1v) is 11.8. The molecule has 1 aliphatic carbocycles. The van der Waals surface area contributed by atoms with E-state index >= 15 is 0 Å². The molecule has 0 saturated heterocycles. The molecule has 2 N–H and O–H groups in total. The van der Waals surface area contributed by atoms with Gasteiger partial charge in [0.25, 0.3) is 5.91 Å². The molecule has 33 heavy (non-hydrogen) atoms. The van der Waals surface area contributed by atoms with Gasteiger partial charge in [-0.1, -0.05) is 37.5 Å². The molecule has 0 heterocycles. The molecule has 0 unspecified atom stereocenters. The zero-order valence-corrected chi connectivity index (χ0v) is 18.8. The topological polar surface area (TPSA) is 58.2 Å². The molecule has 2 aromatic carbocycles. The molecule has 0 radical (unpaired) electrons. The minimum Gasteiger partial charge on any atom is -0.355 e. The summed E-state index contributed by atoms with van der Waals surface area (Å²) in [5.74, 6) is -1.05. The number of alkyl halides is 3. The third-order valence-electron chi connectivity index (χ3n) is 5.62. The van der Waals surface area contributed by atoms with Crippen molar-refractivity contribution in [2.75, 3.05) is 12.3 Å². The number of amides is 2. The van der Waals surface area contributed by atoms with Crippen LogP contribution >= 0.6 is 11.8 Å². The standard InChI is InChI=1S/C24H26F4N2O2S/c25-18-11-10-17(20(12-18)24(26,27)28)14-30-23(32)19-8-4-5-9-21(19)33-15-22(31)29-13-16-6-2-1-3-7-16/h4-5,8-12,16H,1-3,6-7,13-15H2,(H,29,31)(H,30,32). The first-order chi connectivity index (χ1) is 15.7. The highest BCUT2D eigenvalue weighted by atomic mass is 32.2. The van der Waals surface area contributed by atoms with E-state index in [2.05, 4.69) is 10.6 Å². The monoisotopic (exact) mass is 482 g/mol. The molecule has 178 valence electrons. The van der Waals surface area contributed by atoms with E-state index < -0.39 is 30.0 Å². The van der Waals surface area contributed by atoms with E-state index in [4.69, 9.17) is 0 Å². The number of carbonyl (C=O) groups is 2. The van der Waals surface area contributed by atoms with Crippen LogP contribution in [0.3, 0.4) is 0 Å². The van der Waals surface area contributed by atoms with E-state index in [1.807, 2.05) is 0 Å². The fraction of sp³-hybridized carbons (Fsp3) is 0.417. The average Bonchev–Trinajstić information content (AvgIpc) is 2.80. The molecule has 9 heteroatoms. The molecule has 1 fully saturated rings. The Labute approximate surface area is 194 Å². The normalized spacial score (nSPS) is 14.7. The molecule has 3 rings (SSSR count). The van der Waals surface area contributed by atoms with Gasteiger partial charge >= 0.3 is 6.18 Å². The predicted molar refractivity (Wildman–Crippen MR) is 119 cm³/mol. The van der Waals surface area contributed by atoms with Crippen LogP contribution in [0.4, 0.5) is 17.6 Å². The highest BCUT2D eigenvalue weighted by Gasteiger charge is 2.33. The molecule has 0 bridgehead atoms. The molecule has 2 aromatic rings. The van der Waals surface area contributed by atoms with Crippen LogP contribution in [0.5, 0.6) is 0 Å². The highest BCUT2D eigenvalue weighted by molar-refractivity contribution is 8.00. The summed E-state index contributed by atoms with van der Waals surface area (Å²) < 4.78 is 52.8. The first-order valence-electron chi connectivity index (χ1n) is 10.9. The lowest BCUT2D eigenvalue weighted by Crippen LogP contribution is -2.31. The van der Waals surface area contributed by atoms with Crippen LogP contribution in [0.1, 0.15) is 53.6 Å². The summed E-state index contributed by atoms with van der Waals surface area (Å²) in [7, 11) is 0. The van der Waals surface area contributed by atoms with Gasteiger partial charge in [0.1, 0.15) is 5.82 Å². The molecule has 0 aromatic heterocycles. The van der Waals surface area contributed by atoms with Crippen molar-refractivity contribution in [2.45, 2.75) is 49.7 Å². The third-order valence-corrected chi connectivity index (χ3v) is 6.69. The van der Waals surface area contributed by atoms with Gasteiger partial charge in [0, 0.05) is 18.0 Å². The predicted octanol–water partition coefficient (Wildman–Crippen LogP) is 5.56. The number of nitrogens with one attached hydrogen (secondary N) is 2. The summed E-state index contributed by atoms with van der Waals surface area (Å²) in [5.41, 5.74) is -1.09. The fourth-order valence-corrected chi connectivity index (χ4v) is 4.74. The Hall–Kier alpha value is -2.55. The Morgan fingerprint density at radius 3 is 2.45 bits per heavy atom. The van der Waals surface area contributed by atoms with Crippen molar-refractivity contribution in [1.29, 1.82) is 0 Å². The Kier molecular flexibility index (Phi) is 8.77. The van der Waals surface area contributed by atoms with E-state index in [9.17, 15) is 27.2 Å². The van der Waals surface area contributed by atoms with E-state index in [1.54, 1.807) is 24.3 Å². The average molecular weight is 483 g/mol. The Bertz CT molecular complexity index is 975. The molecule has 0 atom stereocenters. The van der Waals surface area contributed by atoms with Crippen molar-refractivity contribution in [2.24, 2.45) is 5.92 Å². The molecule has 1 saturated carbocycles. The minimum atomic E-state index is -4.74. The van der Waals surface area contributed by atoms with Gasteiger partial charge in [0.15, 0.2) is 0 Å². The van der Waals surface area contributed by atoms with Crippen LogP contribution in [0.25, 0.3) is 0 Å². The van der Waals surface area contributed by atoms with Crippen LogP contribution in [0.2, 0.25) is 0 Å². The molecule has 4 nitrogen and oxygen atoms in total. The van der Waals surface area contributed by atoms with Gasteiger partial charge in [-0.05, 0) is 48.6 Å². The number of rotatable bonds is 8. The van der Waals surface area contributed by atoms with E-state index in [0.717, 1.165) is 25.0 Å². The van der Waals surface area contributed by atoms with Crippen molar-refractivity contribution in [3.05, 3.63) is 65.0 Å². The fourth-order valence-electron chi connectivity index (χ4n) is 3.86. The smallest absolute Gasteiger partial charge is 0.355 e. The summed E-state index contributed by atoms with van der Waals surface area (Å²) in [6, 6.07) is 8.95. The minimum absolute atomic E-state index is 0.123. The number of thioether (sulfide) groups is 1. The van der Waals surface area contributed by atoms with Crippen molar-refractivity contribution < 1.29 is 27.2 Å². The van der Waals surface area contributed by atoms with Gasteiger partial charge in [-0.2, -0.15) is 13.2 Å². The Balaban J connectivity index is 1.57. The zero-order chi connectivity index (χ0) is 23.8. The van der Waals surface area contributed by atoms with E-state index in [1.165, 1.54) is 31.0 Å². The lowest BCUT2D eigenvalue weighted by Gasteiger charge is -2.21. The number of hydrogen-bond acceptors (Lipinski definition) is 3. The summed E-state index contributed by atoms with van der Waals surface area (Å²) in [5, 5.41) is 5.41. The molecule has 0 aliphatic heterocycles. The molecule has 0 spiro atoms. The second-order valence-electron chi connectivity index (χ2n) is 8.07. The first kappa shape index (κ1) is 25.1. The summed E-state index contributed by atoms with van der Waals surface area (Å²) in [4.78, 5) is 25.5. The molecular weight excluding hydrogens is 456 g/mol. The van der Waals surface area contributed by atoms with Crippen molar-refractivity contribution in [3.63, 3.8) is 0 Å². The quantitative estimate of drug-likeness (QED) is 0.382. The molecule has 2 amide bonds. The van der Waals surface area contributed by atoms with E-state index in [0.29, 0.717) is 23.4 Å². The molecule has 1 aliphatic rings. The molecular formula is C24H26F4N2O2S. The Morgan fingerprint density at radius 2 is 1.73 bits per heavy atom. The summed E-state index contributed by atoms with van der Waals surface area (Å²) in [6.45, 7) is 0.246. The van der Waals surface area contributed by atoms with Crippen LogP contribution < -0.4 is 10.6 Å². The SMILES string of the molecule is O=C(CSc1ccccc1C(=O)NCc1ccc(F)cc1C(F)(F)F)NCC1CCCCC1. The maximum Gasteiger partial charge on any atom is 0.416 e. The second-order valence-corrected chi connectivity index (χ2v) is 9.09. The lowest BCUT2D eigenvalue weighted by atomic mass is 9.89. The van der Waals surface area contributed by atoms with Crippen LogP contribution in [-0.4, -0.2) is 24.1 Å².